The van der Waals surface area contributed by atoms with E-state index in [0.29, 0.717) is 36.5 Å². The van der Waals surface area contributed by atoms with Crippen molar-refractivity contribution in [2.45, 2.75) is 38.1 Å². The molecule has 2 heterocycles. The van der Waals surface area contributed by atoms with Crippen LogP contribution in [0.4, 0.5) is 5.82 Å². The lowest BCUT2D eigenvalue weighted by Crippen LogP contribution is -2.27. The summed E-state index contributed by atoms with van der Waals surface area (Å²) in [5.41, 5.74) is 6.99. The Morgan fingerprint density at radius 1 is 1.23 bits per heavy atom. The Balaban J connectivity index is 1.54. The molecule has 2 aromatic heterocycles. The third-order valence-electron chi connectivity index (χ3n) is 4.42. The number of nitrogens with two attached hydrogens (primary N) is 1. The molecular formula is C19H24N4O3. The van der Waals surface area contributed by atoms with Crippen LogP contribution < -0.4 is 5.73 Å². The number of anilines is 1. The van der Waals surface area contributed by atoms with E-state index in [-0.39, 0.29) is 6.61 Å². The summed E-state index contributed by atoms with van der Waals surface area (Å²) in [6.07, 6.45) is 1.46. The Bertz CT molecular complexity index is 848. The topological polar surface area (TPSA) is 106 Å². The van der Waals surface area contributed by atoms with Gasteiger partial charge in [-0.25, -0.2) is 9.50 Å². The molecule has 0 fully saturated rings. The van der Waals surface area contributed by atoms with E-state index in [2.05, 4.69) is 10.1 Å². The molecule has 1 aromatic carbocycles. The number of aliphatic hydroxyl groups excluding tert-OH is 1. The number of nitrogen functional groups attached to an aromatic ring is 1. The van der Waals surface area contributed by atoms with Gasteiger partial charge in [0.2, 0.25) is 0 Å². The Labute approximate surface area is 152 Å². The van der Waals surface area contributed by atoms with E-state index < -0.39 is 11.7 Å². The number of rotatable bonds is 8. The highest BCUT2D eigenvalue weighted by atomic mass is 16.5. The van der Waals surface area contributed by atoms with Gasteiger partial charge in [-0.2, -0.15) is 5.10 Å². The maximum atomic E-state index is 10.8. The lowest BCUT2D eigenvalue weighted by atomic mass is 9.94. The number of hydrogen-bond acceptors (Lipinski definition) is 6. The average Bonchev–Trinajstić information content (AvgIpc) is 3.07. The molecule has 0 saturated heterocycles. The molecule has 3 rings (SSSR count). The van der Waals surface area contributed by atoms with Gasteiger partial charge in [0.25, 0.3) is 0 Å². The van der Waals surface area contributed by atoms with Crippen LogP contribution in [-0.4, -0.2) is 37.5 Å². The number of benzene rings is 1. The van der Waals surface area contributed by atoms with Crippen LogP contribution in [0.5, 0.6) is 0 Å². The molecule has 0 aliphatic carbocycles. The van der Waals surface area contributed by atoms with Crippen molar-refractivity contribution in [2.24, 2.45) is 0 Å². The van der Waals surface area contributed by atoms with Gasteiger partial charge in [-0.05, 0) is 37.5 Å². The molecule has 0 amide bonds. The van der Waals surface area contributed by atoms with Crippen molar-refractivity contribution in [3.05, 3.63) is 60.0 Å². The van der Waals surface area contributed by atoms with Crippen molar-refractivity contribution in [2.75, 3.05) is 12.3 Å². The van der Waals surface area contributed by atoms with Gasteiger partial charge < -0.3 is 20.7 Å². The molecule has 138 valence electrons. The fourth-order valence-corrected chi connectivity index (χ4v) is 2.91. The van der Waals surface area contributed by atoms with Crippen LogP contribution in [0.25, 0.3) is 5.52 Å². The van der Waals surface area contributed by atoms with E-state index in [1.807, 2.05) is 30.3 Å². The summed E-state index contributed by atoms with van der Waals surface area (Å²) in [4.78, 5) is 3.94. The molecule has 2 unspecified atom stereocenters. The second-order valence-electron chi connectivity index (χ2n) is 6.63. The van der Waals surface area contributed by atoms with Gasteiger partial charge in [-0.15, -0.1) is 0 Å². The maximum absolute atomic E-state index is 10.8. The average molecular weight is 356 g/mol. The minimum absolute atomic E-state index is 0.217. The van der Waals surface area contributed by atoms with Crippen molar-refractivity contribution < 1.29 is 14.9 Å². The van der Waals surface area contributed by atoms with Crippen LogP contribution in [0, 0.1) is 0 Å². The van der Waals surface area contributed by atoms with Crippen LogP contribution in [0.15, 0.2) is 48.8 Å². The van der Waals surface area contributed by atoms with Gasteiger partial charge in [-0.1, -0.05) is 30.3 Å². The summed E-state index contributed by atoms with van der Waals surface area (Å²) in [6.45, 7) is 2.37. The number of nitrogens with zero attached hydrogens (tertiary/aromatic N) is 3. The summed E-state index contributed by atoms with van der Waals surface area (Å²) < 4.78 is 7.13. The summed E-state index contributed by atoms with van der Waals surface area (Å²) in [5.74, 6) is 0.358. The predicted octanol–water partition coefficient (Wildman–Crippen LogP) is 1.88. The van der Waals surface area contributed by atoms with E-state index in [0.717, 1.165) is 5.56 Å². The largest absolute Gasteiger partial charge is 0.391 e. The molecule has 4 N–H and O–H groups in total. The fraction of sp³-hybridized carbons (Fsp3) is 0.368. The first-order chi connectivity index (χ1) is 12.5. The molecule has 7 heteroatoms. The van der Waals surface area contributed by atoms with Gasteiger partial charge >= 0.3 is 0 Å². The minimum atomic E-state index is -1.16. The molecule has 3 aromatic rings. The number of hydrogen-bond donors (Lipinski definition) is 3. The lowest BCUT2D eigenvalue weighted by molar-refractivity contribution is -0.00666. The van der Waals surface area contributed by atoms with Gasteiger partial charge in [-0.3, -0.25) is 0 Å². The minimum Gasteiger partial charge on any atom is -0.391 e. The first-order valence-corrected chi connectivity index (χ1v) is 8.58. The number of aromatic nitrogens is 3. The summed E-state index contributed by atoms with van der Waals surface area (Å²) >= 11 is 0. The van der Waals surface area contributed by atoms with Crippen molar-refractivity contribution in [1.82, 2.24) is 14.6 Å². The second-order valence-corrected chi connectivity index (χ2v) is 6.63. The zero-order valence-corrected chi connectivity index (χ0v) is 14.7. The fourth-order valence-electron chi connectivity index (χ4n) is 2.91. The van der Waals surface area contributed by atoms with Crippen molar-refractivity contribution in [1.29, 1.82) is 0 Å². The smallest absolute Gasteiger partial charge is 0.151 e. The number of aliphatic hydroxyl groups is 2. The van der Waals surface area contributed by atoms with Crippen molar-refractivity contribution in [3.63, 3.8) is 0 Å². The predicted molar refractivity (Wildman–Crippen MR) is 98.3 cm³/mol. The van der Waals surface area contributed by atoms with E-state index in [1.165, 1.54) is 6.33 Å². The number of ether oxygens (including phenoxy) is 1. The molecule has 0 radical (unpaired) electrons. The first kappa shape index (κ1) is 18.3. The van der Waals surface area contributed by atoms with Gasteiger partial charge in [0.1, 0.15) is 17.4 Å². The van der Waals surface area contributed by atoms with E-state index in [9.17, 15) is 10.2 Å². The highest BCUT2D eigenvalue weighted by molar-refractivity contribution is 5.65. The quantitative estimate of drug-likeness (QED) is 0.569. The monoisotopic (exact) mass is 356 g/mol. The maximum Gasteiger partial charge on any atom is 0.151 e. The van der Waals surface area contributed by atoms with Crippen molar-refractivity contribution in [3.8, 4) is 0 Å². The Morgan fingerprint density at radius 3 is 2.77 bits per heavy atom. The molecule has 0 saturated carbocycles. The van der Waals surface area contributed by atoms with Crippen LogP contribution in [0.3, 0.4) is 0 Å². The third kappa shape index (κ3) is 4.19. The molecule has 2 atom stereocenters. The molecule has 0 bridgehead atoms. The molecular weight excluding hydrogens is 332 g/mol. The number of fused-ring (bicyclic) bond motifs is 1. The first-order valence-electron chi connectivity index (χ1n) is 8.58. The molecule has 7 nitrogen and oxygen atoms in total. The Morgan fingerprint density at radius 2 is 2.00 bits per heavy atom. The van der Waals surface area contributed by atoms with Crippen LogP contribution >= 0.6 is 0 Å². The Hall–Kier alpha value is -2.48. The van der Waals surface area contributed by atoms with E-state index in [1.54, 1.807) is 23.6 Å². The zero-order valence-electron chi connectivity index (χ0n) is 14.7. The third-order valence-corrected chi connectivity index (χ3v) is 4.42. The molecule has 0 aliphatic rings. The van der Waals surface area contributed by atoms with Crippen LogP contribution in [0.1, 0.15) is 31.0 Å². The standard InChI is InChI=1S/C19H24N4O3/c1-19(25,17-8-7-16-18(20)21-13-22-23(16)17)10-9-15(24)12-26-11-14-5-3-2-4-6-14/h2-8,13,15,24-25H,9-12H2,1H3,(H2,20,21,22). The van der Waals surface area contributed by atoms with E-state index in [4.69, 9.17) is 10.5 Å². The Kier molecular flexibility index (Phi) is 5.51. The van der Waals surface area contributed by atoms with Crippen LogP contribution in [0.2, 0.25) is 0 Å². The van der Waals surface area contributed by atoms with Crippen LogP contribution in [-0.2, 0) is 16.9 Å². The molecule has 0 spiro atoms. The van der Waals surface area contributed by atoms with Gasteiger partial charge in [0.15, 0.2) is 5.82 Å². The van der Waals surface area contributed by atoms with E-state index >= 15 is 0 Å². The molecule has 0 aliphatic heterocycles. The normalized spacial score (nSPS) is 15.0. The summed E-state index contributed by atoms with van der Waals surface area (Å²) in [6, 6.07) is 13.3. The van der Waals surface area contributed by atoms with Crippen molar-refractivity contribution >= 4 is 11.3 Å². The van der Waals surface area contributed by atoms with Gasteiger partial charge in [0, 0.05) is 0 Å². The lowest BCUT2D eigenvalue weighted by Gasteiger charge is -2.24. The second kappa shape index (κ2) is 7.82. The SMILES string of the molecule is CC(O)(CCC(O)COCc1ccccc1)c1ccc2c(N)ncnn12. The highest BCUT2D eigenvalue weighted by Gasteiger charge is 2.28. The zero-order chi connectivity index (χ0) is 18.6. The molecule has 26 heavy (non-hydrogen) atoms. The highest BCUT2D eigenvalue weighted by Crippen LogP contribution is 2.28. The summed E-state index contributed by atoms with van der Waals surface area (Å²) in [7, 11) is 0. The summed E-state index contributed by atoms with van der Waals surface area (Å²) in [5, 5.41) is 25.2. The van der Waals surface area contributed by atoms with Gasteiger partial charge in [0.05, 0.1) is 25.0 Å².